The lowest BCUT2D eigenvalue weighted by atomic mass is 10.1. The van der Waals surface area contributed by atoms with Gasteiger partial charge in [-0.25, -0.2) is 22.4 Å². The van der Waals surface area contributed by atoms with E-state index in [0.717, 1.165) is 43.0 Å². The van der Waals surface area contributed by atoms with Gasteiger partial charge in [-0.15, -0.1) is 0 Å². The molecule has 1 aliphatic rings. The molecule has 0 unspecified atom stereocenters. The van der Waals surface area contributed by atoms with Crippen LogP contribution in [0.3, 0.4) is 0 Å². The van der Waals surface area contributed by atoms with Crippen LogP contribution in [0.4, 0.5) is 5.69 Å². The zero-order valence-electron chi connectivity index (χ0n) is 17.5. The summed E-state index contributed by atoms with van der Waals surface area (Å²) in [6.45, 7) is 5.68. The Kier molecular flexibility index (Phi) is 5.36. The monoisotopic (exact) mass is 467 g/mol. The fourth-order valence-electron chi connectivity index (χ4n) is 3.99. The van der Waals surface area contributed by atoms with Gasteiger partial charge in [0.15, 0.2) is 5.65 Å². The van der Waals surface area contributed by atoms with Crippen LogP contribution in [-0.2, 0) is 10.0 Å². The molecule has 0 amide bonds. The van der Waals surface area contributed by atoms with Gasteiger partial charge in [0.25, 0.3) is 10.0 Å². The van der Waals surface area contributed by atoms with Crippen LogP contribution in [-0.4, -0.2) is 48.5 Å². The first-order valence-electron chi connectivity index (χ1n) is 10.4. The van der Waals surface area contributed by atoms with Crippen LogP contribution in [0, 0.1) is 6.92 Å². The number of hydrogen-bond acceptors (Lipinski definition) is 6. The molecule has 32 heavy (non-hydrogen) atoms. The highest BCUT2D eigenvalue weighted by atomic mass is 35.5. The highest BCUT2D eigenvalue weighted by molar-refractivity contribution is 7.90. The Morgan fingerprint density at radius 1 is 0.969 bits per heavy atom. The van der Waals surface area contributed by atoms with Crippen molar-refractivity contribution in [3.05, 3.63) is 71.6 Å². The summed E-state index contributed by atoms with van der Waals surface area (Å²) in [6, 6.07) is 16.4. The molecule has 2 aromatic heterocycles. The van der Waals surface area contributed by atoms with Crippen molar-refractivity contribution < 1.29 is 8.42 Å². The predicted molar refractivity (Wildman–Crippen MR) is 127 cm³/mol. The summed E-state index contributed by atoms with van der Waals surface area (Å²) in [5, 5.41) is 4.05. The Balaban J connectivity index is 1.66. The molecule has 1 fully saturated rings. The third-order valence-electron chi connectivity index (χ3n) is 5.71. The quantitative estimate of drug-likeness (QED) is 0.461. The molecule has 4 aromatic rings. The van der Waals surface area contributed by atoms with E-state index in [9.17, 15) is 8.42 Å². The zero-order chi connectivity index (χ0) is 22.3. The molecule has 0 bridgehead atoms. The molecule has 5 rings (SSSR count). The van der Waals surface area contributed by atoms with Gasteiger partial charge in [0.2, 0.25) is 0 Å². The van der Waals surface area contributed by atoms with E-state index < -0.39 is 10.0 Å². The van der Waals surface area contributed by atoms with Crippen molar-refractivity contribution in [2.75, 3.05) is 31.1 Å². The summed E-state index contributed by atoms with van der Waals surface area (Å²) in [6.07, 6.45) is 1.28. The number of aromatic nitrogens is 3. The van der Waals surface area contributed by atoms with Crippen molar-refractivity contribution in [2.45, 2.75) is 11.8 Å². The van der Waals surface area contributed by atoms with Crippen LogP contribution in [0.2, 0.25) is 5.15 Å². The number of halogens is 1. The number of rotatable bonds is 4. The minimum absolute atomic E-state index is 0.189. The van der Waals surface area contributed by atoms with Gasteiger partial charge in [-0.05, 0) is 42.8 Å². The molecule has 0 spiro atoms. The Hall–Kier alpha value is -2.94. The molecule has 0 atom stereocenters. The average Bonchev–Trinajstić information content (AvgIpc) is 3.22. The third-order valence-corrected chi connectivity index (χ3v) is 7.73. The normalized spacial score (nSPS) is 14.8. The summed E-state index contributed by atoms with van der Waals surface area (Å²) < 4.78 is 28.6. The molecular formula is C23H22ClN5O2S. The largest absolute Gasteiger partial charge is 0.369 e. The van der Waals surface area contributed by atoms with Gasteiger partial charge in [-0.1, -0.05) is 41.4 Å². The van der Waals surface area contributed by atoms with Gasteiger partial charge in [-0.3, -0.25) is 0 Å². The number of anilines is 1. The molecule has 9 heteroatoms. The van der Waals surface area contributed by atoms with E-state index in [4.69, 9.17) is 11.6 Å². The second-order valence-corrected chi connectivity index (χ2v) is 9.94. The first-order valence-corrected chi connectivity index (χ1v) is 12.2. The van der Waals surface area contributed by atoms with Crippen LogP contribution in [0.1, 0.15) is 5.56 Å². The smallest absolute Gasteiger partial charge is 0.269 e. The number of fused-ring (bicyclic) bond motifs is 1. The fraction of sp³-hybridized carbons (Fsp3) is 0.217. The van der Waals surface area contributed by atoms with Gasteiger partial charge in [0, 0.05) is 31.9 Å². The molecule has 1 aliphatic heterocycles. The van der Waals surface area contributed by atoms with E-state index in [-0.39, 0.29) is 15.7 Å². The number of piperazine rings is 1. The maximum Gasteiger partial charge on any atom is 0.269 e. The molecule has 3 heterocycles. The molecule has 0 aliphatic carbocycles. The van der Waals surface area contributed by atoms with Gasteiger partial charge < -0.3 is 10.2 Å². The predicted octanol–water partition coefficient (Wildman–Crippen LogP) is 3.71. The van der Waals surface area contributed by atoms with Crippen LogP contribution in [0.25, 0.3) is 22.3 Å². The summed E-state index contributed by atoms with van der Waals surface area (Å²) in [5.74, 6) is 0. The Morgan fingerprint density at radius 2 is 1.66 bits per heavy atom. The van der Waals surface area contributed by atoms with Crippen molar-refractivity contribution in [1.82, 2.24) is 19.3 Å². The molecule has 1 N–H and O–H groups in total. The molecule has 1 saturated heterocycles. The summed E-state index contributed by atoms with van der Waals surface area (Å²) >= 11 is 6.30. The van der Waals surface area contributed by atoms with Crippen LogP contribution >= 0.6 is 11.6 Å². The molecule has 0 radical (unpaired) electrons. The van der Waals surface area contributed by atoms with Crippen molar-refractivity contribution in [3.8, 4) is 11.3 Å². The van der Waals surface area contributed by atoms with Gasteiger partial charge in [-0.2, -0.15) is 0 Å². The van der Waals surface area contributed by atoms with Crippen molar-refractivity contribution >= 4 is 38.3 Å². The molecule has 164 valence electrons. The highest BCUT2D eigenvalue weighted by Gasteiger charge is 2.26. The van der Waals surface area contributed by atoms with Crippen molar-refractivity contribution in [1.29, 1.82) is 0 Å². The number of nitrogens with zero attached hydrogens (tertiary/aromatic N) is 4. The van der Waals surface area contributed by atoms with E-state index in [2.05, 4.69) is 20.2 Å². The maximum atomic E-state index is 13.7. The maximum absolute atomic E-state index is 13.7. The minimum Gasteiger partial charge on any atom is -0.369 e. The lowest BCUT2D eigenvalue weighted by Gasteiger charge is -2.29. The van der Waals surface area contributed by atoms with Gasteiger partial charge in [0.05, 0.1) is 16.0 Å². The van der Waals surface area contributed by atoms with Crippen molar-refractivity contribution in [3.63, 3.8) is 0 Å². The highest BCUT2D eigenvalue weighted by Crippen LogP contribution is 2.34. The second-order valence-electron chi connectivity index (χ2n) is 7.80. The van der Waals surface area contributed by atoms with Gasteiger partial charge in [0.1, 0.15) is 11.5 Å². The van der Waals surface area contributed by atoms with E-state index in [0.29, 0.717) is 11.1 Å². The molecule has 2 aromatic carbocycles. The number of nitrogens with one attached hydrogen (secondary N) is 1. The number of aryl methyl sites for hydroxylation is 1. The SMILES string of the molecule is Cc1ccc(S(=O)(=O)n2c(-c3ccc(N4CCNCC4)cc3)cc3c(Cl)ncnc32)cc1. The average molecular weight is 468 g/mol. The van der Waals surface area contributed by atoms with E-state index >= 15 is 0 Å². The number of hydrogen-bond donors (Lipinski definition) is 1. The van der Waals surface area contributed by atoms with E-state index in [1.807, 2.05) is 31.2 Å². The van der Waals surface area contributed by atoms with Crippen LogP contribution in [0.5, 0.6) is 0 Å². The van der Waals surface area contributed by atoms with Gasteiger partial charge >= 0.3 is 0 Å². The fourth-order valence-corrected chi connectivity index (χ4v) is 5.65. The molecule has 0 saturated carbocycles. The van der Waals surface area contributed by atoms with Crippen LogP contribution in [0.15, 0.2) is 65.8 Å². The van der Waals surface area contributed by atoms with E-state index in [1.54, 1.807) is 30.3 Å². The lowest BCUT2D eigenvalue weighted by molar-refractivity contribution is 0.589. The first kappa shape index (κ1) is 20.9. The van der Waals surface area contributed by atoms with Crippen LogP contribution < -0.4 is 10.2 Å². The topological polar surface area (TPSA) is 80.1 Å². The zero-order valence-corrected chi connectivity index (χ0v) is 19.1. The first-order chi connectivity index (χ1) is 15.4. The third kappa shape index (κ3) is 3.64. The van der Waals surface area contributed by atoms with Crippen molar-refractivity contribution in [2.24, 2.45) is 0 Å². The summed E-state index contributed by atoms with van der Waals surface area (Å²) in [5.41, 5.74) is 3.60. The Morgan fingerprint density at radius 3 is 2.34 bits per heavy atom. The minimum atomic E-state index is -3.92. The summed E-state index contributed by atoms with van der Waals surface area (Å²) in [7, 11) is -3.92. The molecular weight excluding hydrogens is 446 g/mol. The lowest BCUT2D eigenvalue weighted by Crippen LogP contribution is -2.43. The second kappa shape index (κ2) is 8.20. The summed E-state index contributed by atoms with van der Waals surface area (Å²) in [4.78, 5) is 10.8. The Labute approximate surface area is 191 Å². The number of benzene rings is 2. The standard InChI is InChI=1S/C23H22ClN5O2S/c1-16-2-8-19(9-3-16)32(30,31)29-21(14-20-22(24)26-15-27-23(20)29)17-4-6-18(7-5-17)28-12-10-25-11-13-28/h2-9,14-15,25H,10-13H2,1H3. The Bertz CT molecular complexity index is 1380. The van der Waals surface area contributed by atoms with E-state index in [1.165, 1.54) is 10.3 Å². The molecule has 7 nitrogen and oxygen atoms in total.